The van der Waals surface area contributed by atoms with Gasteiger partial charge in [-0.25, -0.2) is 14.8 Å². The van der Waals surface area contributed by atoms with Crippen molar-refractivity contribution in [2.75, 3.05) is 31.1 Å². The molecular weight excluding hydrogens is 649 g/mol. The van der Waals surface area contributed by atoms with E-state index in [9.17, 15) is 19.6 Å². The van der Waals surface area contributed by atoms with Crippen molar-refractivity contribution >= 4 is 73.4 Å². The van der Waals surface area contributed by atoms with Crippen LogP contribution in [0.3, 0.4) is 0 Å². The maximum atomic E-state index is 14.2. The average molecular weight is 679 g/mol. The van der Waals surface area contributed by atoms with Crippen LogP contribution in [0.4, 0.5) is 15.6 Å². The van der Waals surface area contributed by atoms with Crippen LogP contribution in [0.5, 0.6) is 0 Å². The minimum atomic E-state index is -0.859. The predicted molar refractivity (Wildman–Crippen MR) is 176 cm³/mol. The number of anilines is 2. The van der Waals surface area contributed by atoms with Crippen LogP contribution in [-0.4, -0.2) is 74.5 Å². The van der Waals surface area contributed by atoms with Gasteiger partial charge >= 0.3 is 6.03 Å². The lowest BCUT2D eigenvalue weighted by Crippen LogP contribution is -2.66. The third-order valence-electron chi connectivity index (χ3n) is 8.05. The van der Waals surface area contributed by atoms with Gasteiger partial charge in [0.2, 0.25) is 11.8 Å². The molecule has 46 heavy (non-hydrogen) atoms. The Bertz CT molecular complexity index is 1860. The lowest BCUT2D eigenvalue weighted by atomic mass is 9.99. The summed E-state index contributed by atoms with van der Waals surface area (Å²) in [6.07, 6.45) is -0.478. The summed E-state index contributed by atoms with van der Waals surface area (Å²) in [5.74, 6) is -0.563. The molecule has 2 saturated heterocycles. The molecule has 0 spiro atoms. The summed E-state index contributed by atoms with van der Waals surface area (Å²) in [7, 11) is 0. The molecule has 0 saturated carbocycles. The first-order valence-electron chi connectivity index (χ1n) is 14.3. The number of urea groups is 1. The second-order valence-electron chi connectivity index (χ2n) is 11.0. The Hall–Kier alpha value is -4.61. The van der Waals surface area contributed by atoms with Crippen LogP contribution >= 0.6 is 34.5 Å². The minimum Gasteiger partial charge on any atom is -0.399 e. The van der Waals surface area contributed by atoms with E-state index < -0.39 is 18.2 Å². The van der Waals surface area contributed by atoms with Gasteiger partial charge in [-0.3, -0.25) is 9.59 Å². The van der Waals surface area contributed by atoms with Gasteiger partial charge in [-0.2, -0.15) is 10.3 Å². The highest BCUT2D eigenvalue weighted by Crippen LogP contribution is 2.32. The zero-order valence-electron chi connectivity index (χ0n) is 24.4. The maximum absolute atomic E-state index is 14.2. The van der Waals surface area contributed by atoms with Crippen molar-refractivity contribution in [2.24, 2.45) is 0 Å². The van der Waals surface area contributed by atoms with Crippen LogP contribution in [0, 0.1) is 11.3 Å². The number of benzene rings is 3. The summed E-state index contributed by atoms with van der Waals surface area (Å²) in [5, 5.41) is 16.4. The molecule has 5 N–H and O–H groups in total. The molecule has 3 heterocycles. The number of fused-ring (bicyclic) bond motifs is 2. The van der Waals surface area contributed by atoms with E-state index in [1.807, 2.05) is 36.4 Å². The molecule has 6 rings (SSSR count). The zero-order valence-corrected chi connectivity index (χ0v) is 26.7. The van der Waals surface area contributed by atoms with E-state index in [0.717, 1.165) is 15.8 Å². The Morgan fingerprint density at radius 3 is 2.59 bits per heavy atom. The SMILES string of the molecule is N#CCN(C(=O)NCc1ccc(Cl)c(Cl)c1)N1CC(=O)N2[C@@H](Cc3ccc(N)cc3)C(=O)N(Cc3cccc4sc(N)nc34)C[C@@H]21. The molecule has 1 aromatic heterocycles. The number of halogens is 2. The molecule has 0 unspecified atom stereocenters. The number of hydrogen-bond donors (Lipinski definition) is 3. The Labute approximate surface area is 278 Å². The second kappa shape index (κ2) is 13.0. The number of nitriles is 1. The first-order chi connectivity index (χ1) is 22.1. The van der Waals surface area contributed by atoms with Crippen LogP contribution in [0.1, 0.15) is 16.7 Å². The van der Waals surface area contributed by atoms with Gasteiger partial charge in [-0.1, -0.05) is 64.9 Å². The molecule has 2 atom stereocenters. The molecule has 236 valence electrons. The molecule has 0 bridgehead atoms. The number of nitrogens with one attached hydrogen (secondary N) is 1. The van der Waals surface area contributed by atoms with Gasteiger partial charge in [0.1, 0.15) is 18.8 Å². The third kappa shape index (κ3) is 6.25. The normalized spacial score (nSPS) is 18.1. The van der Waals surface area contributed by atoms with E-state index >= 15 is 0 Å². The maximum Gasteiger partial charge on any atom is 0.333 e. The molecule has 3 aromatic carbocycles. The monoisotopic (exact) mass is 677 g/mol. The number of nitrogens with zero attached hydrogens (tertiary/aromatic N) is 6. The summed E-state index contributed by atoms with van der Waals surface area (Å²) >= 11 is 13.5. The van der Waals surface area contributed by atoms with Crippen molar-refractivity contribution in [1.82, 2.24) is 30.1 Å². The lowest BCUT2D eigenvalue weighted by Gasteiger charge is -2.46. The molecule has 4 aromatic rings. The van der Waals surface area contributed by atoms with Gasteiger partial charge in [0.25, 0.3) is 0 Å². The summed E-state index contributed by atoms with van der Waals surface area (Å²) in [4.78, 5) is 49.0. The quantitative estimate of drug-likeness (QED) is 0.187. The number of aromatic nitrogens is 1. The fourth-order valence-electron chi connectivity index (χ4n) is 5.89. The van der Waals surface area contributed by atoms with Gasteiger partial charge in [0.05, 0.1) is 39.4 Å². The van der Waals surface area contributed by atoms with Gasteiger partial charge in [0, 0.05) is 25.2 Å². The summed E-state index contributed by atoms with van der Waals surface area (Å²) in [6, 6.07) is 18.4. The van der Waals surface area contributed by atoms with Crippen molar-refractivity contribution in [1.29, 1.82) is 5.26 Å². The van der Waals surface area contributed by atoms with Gasteiger partial charge in [-0.15, -0.1) is 0 Å². The molecule has 4 amide bonds. The van der Waals surface area contributed by atoms with Crippen LogP contribution in [0.25, 0.3) is 10.2 Å². The molecule has 0 aliphatic carbocycles. The fourth-order valence-corrected chi connectivity index (χ4v) is 6.99. The highest BCUT2D eigenvalue weighted by molar-refractivity contribution is 7.22. The number of hydrogen-bond acceptors (Lipinski definition) is 9. The van der Waals surface area contributed by atoms with Crippen molar-refractivity contribution < 1.29 is 14.4 Å². The van der Waals surface area contributed by atoms with E-state index in [4.69, 9.17) is 34.7 Å². The molecule has 2 fully saturated rings. The predicted octanol–water partition coefficient (Wildman–Crippen LogP) is 3.84. The topological polar surface area (TPSA) is 165 Å². The number of carbonyl (C=O) groups is 3. The van der Waals surface area contributed by atoms with Crippen molar-refractivity contribution in [3.63, 3.8) is 0 Å². The van der Waals surface area contributed by atoms with E-state index in [1.165, 1.54) is 21.2 Å². The van der Waals surface area contributed by atoms with E-state index in [2.05, 4.69) is 10.3 Å². The second-order valence-corrected chi connectivity index (χ2v) is 12.9. The number of rotatable bonds is 8. The molecule has 0 radical (unpaired) electrons. The molecule has 2 aliphatic heterocycles. The largest absolute Gasteiger partial charge is 0.399 e. The third-order valence-corrected chi connectivity index (χ3v) is 9.64. The molecule has 12 nitrogen and oxygen atoms in total. The average Bonchev–Trinajstić information content (AvgIpc) is 3.58. The molecule has 2 aliphatic rings. The lowest BCUT2D eigenvalue weighted by molar-refractivity contribution is -0.157. The van der Waals surface area contributed by atoms with E-state index in [0.29, 0.717) is 31.9 Å². The Kier molecular flexibility index (Phi) is 8.88. The van der Waals surface area contributed by atoms with Gasteiger partial charge in [-0.05, 0) is 47.0 Å². The first-order valence-corrected chi connectivity index (χ1v) is 15.9. The van der Waals surface area contributed by atoms with Crippen LogP contribution in [0.2, 0.25) is 10.0 Å². The number of nitrogens with two attached hydrogens (primary N) is 2. The van der Waals surface area contributed by atoms with Crippen LogP contribution in [0.15, 0.2) is 60.7 Å². The highest BCUT2D eigenvalue weighted by atomic mass is 35.5. The van der Waals surface area contributed by atoms with Crippen molar-refractivity contribution in [3.8, 4) is 6.07 Å². The summed E-state index contributed by atoms with van der Waals surface area (Å²) < 4.78 is 0.899. The van der Waals surface area contributed by atoms with Crippen molar-refractivity contribution in [3.05, 3.63) is 87.4 Å². The summed E-state index contributed by atoms with van der Waals surface area (Å²) in [6.45, 7) is -0.0889. The number of hydrazine groups is 1. The Morgan fingerprint density at radius 2 is 1.85 bits per heavy atom. The minimum absolute atomic E-state index is 0.0980. The van der Waals surface area contributed by atoms with Crippen LogP contribution < -0.4 is 16.8 Å². The summed E-state index contributed by atoms with van der Waals surface area (Å²) in [5.41, 5.74) is 15.5. The van der Waals surface area contributed by atoms with Crippen LogP contribution in [-0.2, 0) is 29.1 Å². The standard InChI is InChI=1S/C31H29Cl2N9O3S/c32-22-9-6-19(12-23(22)33)14-37-31(45)40(11-10-34)41-17-27(43)42-24(13-18-4-7-21(35)8-5-18)29(44)39(16-26(41)42)15-20-2-1-3-25-28(20)38-30(36)46-25/h1-9,12,24,26H,11,13-17,35H2,(H2,36,38)(H,37,45)/t24-,26+/m0/s1. The molecule has 15 heteroatoms. The first kappa shape index (κ1) is 31.4. The van der Waals surface area contributed by atoms with Gasteiger partial charge < -0.3 is 26.6 Å². The number of piperazine rings is 1. The molecular formula is C31H29Cl2N9O3S. The smallest absolute Gasteiger partial charge is 0.333 e. The zero-order chi connectivity index (χ0) is 32.5. The number of carbonyl (C=O) groups excluding carboxylic acids is 3. The van der Waals surface area contributed by atoms with Crippen molar-refractivity contribution in [2.45, 2.75) is 31.7 Å². The number of nitrogen functional groups attached to an aromatic ring is 2. The number of para-hydroxylation sites is 1. The number of amides is 4. The Morgan fingerprint density at radius 1 is 1.09 bits per heavy atom. The van der Waals surface area contributed by atoms with E-state index in [-0.39, 0.29) is 51.0 Å². The van der Waals surface area contributed by atoms with Gasteiger partial charge in [0.15, 0.2) is 5.13 Å². The highest BCUT2D eigenvalue weighted by Gasteiger charge is 2.52. The number of thiazole rings is 1. The fraction of sp³-hybridized carbons (Fsp3) is 0.258. The van der Waals surface area contributed by atoms with E-state index in [1.54, 1.807) is 40.2 Å². The Balaban J connectivity index is 1.31.